The molecule has 0 amide bonds. The minimum atomic E-state index is -0.337. The summed E-state index contributed by atoms with van der Waals surface area (Å²) in [5.41, 5.74) is 1.44. The fraction of sp³-hybridized carbons (Fsp3) is 0.364. The Morgan fingerprint density at radius 3 is 3.00 bits per heavy atom. The third-order valence-corrected chi connectivity index (χ3v) is 2.64. The minimum Gasteiger partial charge on any atom is -0.316 e. The van der Waals surface area contributed by atoms with Crippen molar-refractivity contribution in [2.24, 2.45) is 0 Å². The van der Waals surface area contributed by atoms with Gasteiger partial charge in [-0.15, -0.1) is 0 Å². The number of nitrogens with zero attached hydrogens (tertiary/aromatic N) is 1. The van der Waals surface area contributed by atoms with Gasteiger partial charge in [0.1, 0.15) is 5.82 Å². The van der Waals surface area contributed by atoms with Crippen molar-refractivity contribution in [3.63, 3.8) is 0 Å². The van der Waals surface area contributed by atoms with E-state index in [0.29, 0.717) is 11.5 Å². The van der Waals surface area contributed by atoms with Crippen LogP contribution in [-0.2, 0) is 0 Å². The summed E-state index contributed by atoms with van der Waals surface area (Å²) >= 11 is 0. The van der Waals surface area contributed by atoms with Gasteiger partial charge in [-0.1, -0.05) is 6.07 Å². The second-order valence-corrected chi connectivity index (χ2v) is 3.53. The van der Waals surface area contributed by atoms with Crippen LogP contribution in [-0.4, -0.2) is 13.1 Å². The summed E-state index contributed by atoms with van der Waals surface area (Å²) in [6.07, 6.45) is 1.03. The van der Waals surface area contributed by atoms with Crippen LogP contribution < -0.4 is 5.32 Å². The maximum atomic E-state index is 12.9. The van der Waals surface area contributed by atoms with Crippen LogP contribution in [0, 0.1) is 17.1 Å². The summed E-state index contributed by atoms with van der Waals surface area (Å²) in [5.74, 6) is 0.0292. The molecule has 14 heavy (non-hydrogen) atoms. The maximum Gasteiger partial charge on any atom is 0.124 e. The van der Waals surface area contributed by atoms with Crippen LogP contribution in [0.15, 0.2) is 18.2 Å². The first kappa shape index (κ1) is 9.17. The molecule has 1 aromatic rings. The molecule has 0 radical (unpaired) electrons. The Morgan fingerprint density at radius 1 is 1.50 bits per heavy atom. The number of hydrogen-bond donors (Lipinski definition) is 1. The fourth-order valence-corrected chi connectivity index (χ4v) is 1.90. The molecule has 0 unspecified atom stereocenters. The summed E-state index contributed by atoms with van der Waals surface area (Å²) in [5, 5.41) is 12.1. The lowest BCUT2D eigenvalue weighted by Crippen LogP contribution is -2.08. The summed E-state index contributed by atoms with van der Waals surface area (Å²) in [4.78, 5) is 0. The van der Waals surface area contributed by atoms with Crippen molar-refractivity contribution in [1.82, 2.24) is 5.32 Å². The maximum absolute atomic E-state index is 12.9. The molecule has 1 aliphatic rings. The third kappa shape index (κ3) is 1.61. The van der Waals surface area contributed by atoms with Gasteiger partial charge < -0.3 is 5.32 Å². The van der Waals surface area contributed by atoms with Crippen molar-refractivity contribution >= 4 is 0 Å². The molecule has 2 nitrogen and oxygen atoms in total. The van der Waals surface area contributed by atoms with Crippen molar-refractivity contribution in [2.75, 3.05) is 13.1 Å². The molecule has 1 aromatic carbocycles. The predicted octanol–water partition coefficient (Wildman–Crippen LogP) is 1.77. The van der Waals surface area contributed by atoms with E-state index in [1.54, 1.807) is 6.07 Å². The van der Waals surface area contributed by atoms with Gasteiger partial charge in [-0.25, -0.2) is 4.39 Å². The van der Waals surface area contributed by atoms with Crippen LogP contribution in [0.5, 0.6) is 0 Å². The first-order chi connectivity index (χ1) is 6.81. The van der Waals surface area contributed by atoms with E-state index in [4.69, 9.17) is 5.26 Å². The Hall–Kier alpha value is -1.40. The third-order valence-electron chi connectivity index (χ3n) is 2.64. The topological polar surface area (TPSA) is 35.8 Å². The van der Waals surface area contributed by atoms with E-state index in [0.717, 1.165) is 25.1 Å². The zero-order valence-electron chi connectivity index (χ0n) is 7.76. The van der Waals surface area contributed by atoms with Crippen molar-refractivity contribution < 1.29 is 4.39 Å². The van der Waals surface area contributed by atoms with E-state index in [-0.39, 0.29) is 5.82 Å². The van der Waals surface area contributed by atoms with Gasteiger partial charge in [0.15, 0.2) is 0 Å². The Bertz CT molecular complexity index is 375. The smallest absolute Gasteiger partial charge is 0.124 e. The molecule has 1 aliphatic heterocycles. The molecule has 72 valence electrons. The highest BCUT2D eigenvalue weighted by Gasteiger charge is 2.19. The molecule has 1 N–H and O–H groups in total. The standard InChI is InChI=1S/C11H11FN2/c12-10-1-2-11(9(5-10)6-13)8-3-4-14-7-8/h1-2,5,8,14H,3-4,7H2/t8-/m1/s1. The summed E-state index contributed by atoms with van der Waals surface area (Å²) in [6, 6.07) is 6.51. The number of nitrogens with one attached hydrogen (secondary N) is 1. The average molecular weight is 190 g/mol. The quantitative estimate of drug-likeness (QED) is 0.732. The first-order valence-corrected chi connectivity index (χ1v) is 4.71. The van der Waals surface area contributed by atoms with Crippen molar-refractivity contribution in [2.45, 2.75) is 12.3 Å². The average Bonchev–Trinajstić information content (AvgIpc) is 2.70. The van der Waals surface area contributed by atoms with Crippen molar-refractivity contribution in [3.05, 3.63) is 35.1 Å². The van der Waals surface area contributed by atoms with Gasteiger partial charge in [0.05, 0.1) is 11.6 Å². The van der Waals surface area contributed by atoms with Gasteiger partial charge >= 0.3 is 0 Å². The lowest BCUT2D eigenvalue weighted by Gasteiger charge is -2.10. The molecule has 0 aromatic heterocycles. The highest BCUT2D eigenvalue weighted by atomic mass is 19.1. The van der Waals surface area contributed by atoms with Crippen molar-refractivity contribution in [3.8, 4) is 6.07 Å². The predicted molar refractivity (Wildman–Crippen MR) is 51.3 cm³/mol. The van der Waals surface area contributed by atoms with E-state index in [1.165, 1.54) is 12.1 Å². The molecule has 1 fully saturated rings. The molecule has 0 bridgehead atoms. The van der Waals surface area contributed by atoms with Crippen LogP contribution in [0.1, 0.15) is 23.5 Å². The fourth-order valence-electron chi connectivity index (χ4n) is 1.90. The van der Waals surface area contributed by atoms with Crippen LogP contribution in [0.2, 0.25) is 0 Å². The molecule has 1 heterocycles. The number of benzene rings is 1. The minimum absolute atomic E-state index is 0.337. The Kier molecular flexibility index (Phi) is 2.47. The molecular formula is C11H11FN2. The van der Waals surface area contributed by atoms with E-state index in [2.05, 4.69) is 5.32 Å². The SMILES string of the molecule is N#Cc1cc(F)ccc1[C@@H]1CCNC1. The van der Waals surface area contributed by atoms with Gasteiger partial charge in [0.2, 0.25) is 0 Å². The van der Waals surface area contributed by atoms with Crippen molar-refractivity contribution in [1.29, 1.82) is 5.26 Å². The highest BCUT2D eigenvalue weighted by molar-refractivity contribution is 5.40. The lowest BCUT2D eigenvalue weighted by molar-refractivity contribution is 0.624. The number of rotatable bonds is 1. The van der Waals surface area contributed by atoms with Gasteiger partial charge in [-0.2, -0.15) is 5.26 Å². The largest absolute Gasteiger partial charge is 0.316 e. The molecule has 3 heteroatoms. The lowest BCUT2D eigenvalue weighted by atomic mass is 9.94. The van der Waals surface area contributed by atoms with Gasteiger partial charge in [0.25, 0.3) is 0 Å². The Labute approximate surface area is 82.4 Å². The molecule has 2 rings (SSSR count). The second-order valence-electron chi connectivity index (χ2n) is 3.53. The van der Waals surface area contributed by atoms with Gasteiger partial charge in [-0.3, -0.25) is 0 Å². The number of halogens is 1. The first-order valence-electron chi connectivity index (χ1n) is 4.71. The van der Waals surface area contributed by atoms with Gasteiger partial charge in [-0.05, 0) is 36.6 Å². The van der Waals surface area contributed by atoms with Crippen LogP contribution in [0.4, 0.5) is 4.39 Å². The van der Waals surface area contributed by atoms with E-state index in [1.807, 2.05) is 6.07 Å². The van der Waals surface area contributed by atoms with Gasteiger partial charge in [0, 0.05) is 6.54 Å². The highest BCUT2D eigenvalue weighted by Crippen LogP contribution is 2.25. The van der Waals surface area contributed by atoms with Crippen LogP contribution >= 0.6 is 0 Å². The summed E-state index contributed by atoms with van der Waals surface area (Å²) in [6.45, 7) is 1.87. The Balaban J connectivity index is 2.37. The molecule has 0 saturated carbocycles. The summed E-state index contributed by atoms with van der Waals surface area (Å²) in [7, 11) is 0. The van der Waals surface area contributed by atoms with E-state index < -0.39 is 0 Å². The zero-order valence-corrected chi connectivity index (χ0v) is 7.76. The normalized spacial score (nSPS) is 20.7. The van der Waals surface area contributed by atoms with Crippen LogP contribution in [0.3, 0.4) is 0 Å². The molecule has 0 spiro atoms. The Morgan fingerprint density at radius 2 is 2.36 bits per heavy atom. The molecule has 1 saturated heterocycles. The zero-order chi connectivity index (χ0) is 9.97. The molecular weight excluding hydrogens is 179 g/mol. The van der Waals surface area contributed by atoms with Crippen LogP contribution in [0.25, 0.3) is 0 Å². The monoisotopic (exact) mass is 190 g/mol. The molecule has 1 atom stereocenters. The summed E-state index contributed by atoms with van der Waals surface area (Å²) < 4.78 is 12.9. The molecule has 0 aliphatic carbocycles. The second kappa shape index (κ2) is 3.77. The van der Waals surface area contributed by atoms with E-state index >= 15 is 0 Å². The number of hydrogen-bond acceptors (Lipinski definition) is 2. The van der Waals surface area contributed by atoms with E-state index in [9.17, 15) is 4.39 Å². The number of nitriles is 1.